The summed E-state index contributed by atoms with van der Waals surface area (Å²) in [6.07, 6.45) is 9.95. The molecule has 0 fully saturated rings. The van der Waals surface area contributed by atoms with Gasteiger partial charge in [-0.1, -0.05) is 18.2 Å². The highest BCUT2D eigenvalue weighted by Gasteiger charge is 2.15. The van der Waals surface area contributed by atoms with E-state index < -0.39 is 11.8 Å². The van der Waals surface area contributed by atoms with Crippen LogP contribution in [0.3, 0.4) is 0 Å². The summed E-state index contributed by atoms with van der Waals surface area (Å²) in [4.78, 5) is 33.8. The summed E-state index contributed by atoms with van der Waals surface area (Å²) >= 11 is 0. The van der Waals surface area contributed by atoms with Crippen LogP contribution in [0.1, 0.15) is 29.9 Å². The summed E-state index contributed by atoms with van der Waals surface area (Å²) in [5.74, 6) is -0.225. The van der Waals surface area contributed by atoms with E-state index in [1.165, 1.54) is 12.8 Å². The Morgan fingerprint density at radius 1 is 1.03 bits per heavy atom. The molecule has 1 aliphatic rings. The fraction of sp³-hybridized carbons (Fsp3) is 0.280. The van der Waals surface area contributed by atoms with Crippen molar-refractivity contribution in [3.8, 4) is 11.3 Å². The molecule has 0 spiro atoms. The number of rotatable bonds is 5. The number of carbonyl (C=O) groups is 2. The highest BCUT2D eigenvalue weighted by molar-refractivity contribution is 6.39. The Morgan fingerprint density at radius 2 is 1.88 bits per heavy atom. The van der Waals surface area contributed by atoms with E-state index in [4.69, 9.17) is 0 Å². The first kappa shape index (κ1) is 20.9. The third-order valence-electron chi connectivity index (χ3n) is 5.95. The number of hydrogen-bond acceptors (Lipinski definition) is 4. The Morgan fingerprint density at radius 3 is 2.67 bits per heavy atom. The van der Waals surface area contributed by atoms with Crippen molar-refractivity contribution in [2.45, 2.75) is 39.2 Å². The predicted octanol–water partition coefficient (Wildman–Crippen LogP) is 3.14. The van der Waals surface area contributed by atoms with E-state index in [1.807, 2.05) is 54.2 Å². The number of fused-ring (bicyclic) bond motifs is 2. The van der Waals surface area contributed by atoms with Gasteiger partial charge < -0.3 is 19.6 Å². The number of amides is 2. The second-order valence-corrected chi connectivity index (χ2v) is 8.38. The molecule has 4 heterocycles. The minimum Gasteiger partial charge on any atom is -0.347 e. The van der Waals surface area contributed by atoms with Gasteiger partial charge >= 0.3 is 11.8 Å². The molecule has 0 radical (unpaired) electrons. The monoisotopic (exact) mass is 442 g/mol. The highest BCUT2D eigenvalue weighted by atomic mass is 16.2. The van der Waals surface area contributed by atoms with Gasteiger partial charge in [0.1, 0.15) is 11.5 Å². The first-order chi connectivity index (χ1) is 16.1. The summed E-state index contributed by atoms with van der Waals surface area (Å²) in [5.41, 5.74) is 5.30. The average Bonchev–Trinajstić information content (AvgIpc) is 3.44. The van der Waals surface area contributed by atoms with Crippen molar-refractivity contribution < 1.29 is 9.59 Å². The van der Waals surface area contributed by atoms with Gasteiger partial charge in [-0.15, -0.1) is 0 Å². The number of aryl methyl sites for hydroxylation is 3. The van der Waals surface area contributed by atoms with E-state index in [-0.39, 0.29) is 0 Å². The third-order valence-corrected chi connectivity index (χ3v) is 5.95. The zero-order valence-corrected chi connectivity index (χ0v) is 18.5. The minimum atomic E-state index is -0.685. The average molecular weight is 443 g/mol. The Labute approximate surface area is 191 Å². The molecule has 0 saturated heterocycles. The maximum Gasteiger partial charge on any atom is 0.313 e. The van der Waals surface area contributed by atoms with E-state index in [2.05, 4.69) is 25.2 Å². The van der Waals surface area contributed by atoms with Crippen molar-refractivity contribution in [2.75, 3.05) is 11.9 Å². The van der Waals surface area contributed by atoms with Crippen LogP contribution in [0.4, 0.5) is 5.69 Å². The molecule has 3 aromatic heterocycles. The molecule has 2 N–H and O–H groups in total. The molecule has 8 nitrogen and oxygen atoms in total. The second-order valence-electron chi connectivity index (χ2n) is 8.38. The van der Waals surface area contributed by atoms with Gasteiger partial charge in [-0.2, -0.15) is 0 Å². The van der Waals surface area contributed by atoms with Gasteiger partial charge in [-0.05, 0) is 43.5 Å². The number of anilines is 1. The van der Waals surface area contributed by atoms with Crippen LogP contribution in [-0.2, 0) is 29.0 Å². The highest BCUT2D eigenvalue weighted by Crippen LogP contribution is 2.22. The number of pyridine rings is 1. The summed E-state index contributed by atoms with van der Waals surface area (Å²) in [6, 6.07) is 11.3. The van der Waals surface area contributed by atoms with Crippen LogP contribution in [0, 0.1) is 6.92 Å². The number of aromatic nitrogens is 4. The van der Waals surface area contributed by atoms with Gasteiger partial charge in [0.05, 0.1) is 11.4 Å². The Balaban J connectivity index is 1.15. The molecule has 0 bridgehead atoms. The van der Waals surface area contributed by atoms with E-state index in [0.29, 0.717) is 18.7 Å². The number of nitrogens with zero attached hydrogens (tertiary/aromatic N) is 4. The molecular formula is C25H26N6O2. The molecule has 0 atom stereocenters. The van der Waals surface area contributed by atoms with Crippen LogP contribution in [0.15, 0.2) is 55.0 Å². The molecule has 1 aliphatic heterocycles. The first-order valence-corrected chi connectivity index (χ1v) is 11.3. The molecular weight excluding hydrogens is 416 g/mol. The number of imidazole rings is 2. The van der Waals surface area contributed by atoms with E-state index in [0.717, 1.165) is 47.0 Å². The van der Waals surface area contributed by atoms with E-state index in [1.54, 1.807) is 12.1 Å². The number of nitrogens with one attached hydrogen (secondary N) is 2. The van der Waals surface area contributed by atoms with Gasteiger partial charge in [0.15, 0.2) is 0 Å². The van der Waals surface area contributed by atoms with Crippen LogP contribution in [0.25, 0.3) is 16.9 Å². The molecule has 1 aromatic carbocycles. The first-order valence-electron chi connectivity index (χ1n) is 11.3. The second kappa shape index (κ2) is 8.90. The Hall–Kier alpha value is -3.94. The quantitative estimate of drug-likeness (QED) is 0.465. The fourth-order valence-corrected chi connectivity index (χ4v) is 4.18. The maximum atomic E-state index is 12.3. The normalized spacial score (nSPS) is 13.0. The van der Waals surface area contributed by atoms with Crippen molar-refractivity contribution >= 4 is 23.1 Å². The van der Waals surface area contributed by atoms with Crippen LogP contribution >= 0.6 is 0 Å². The lowest BCUT2D eigenvalue weighted by Crippen LogP contribution is -2.36. The maximum absolute atomic E-state index is 12.3. The van der Waals surface area contributed by atoms with E-state index >= 15 is 0 Å². The van der Waals surface area contributed by atoms with Crippen molar-refractivity contribution in [3.63, 3.8) is 0 Å². The van der Waals surface area contributed by atoms with Crippen LogP contribution in [-0.4, -0.2) is 37.3 Å². The minimum absolute atomic E-state index is 0.370. The van der Waals surface area contributed by atoms with Gasteiger partial charge in [-0.3, -0.25) is 9.59 Å². The van der Waals surface area contributed by atoms with Gasteiger partial charge in [0.2, 0.25) is 0 Å². The molecule has 0 aliphatic carbocycles. The largest absolute Gasteiger partial charge is 0.347 e. The van der Waals surface area contributed by atoms with Crippen LogP contribution in [0.5, 0.6) is 0 Å². The molecule has 2 amide bonds. The lowest BCUT2D eigenvalue weighted by Gasteiger charge is -2.11. The smallest absolute Gasteiger partial charge is 0.313 e. The lowest BCUT2D eigenvalue weighted by atomic mass is 10.1. The molecule has 0 saturated carbocycles. The predicted molar refractivity (Wildman–Crippen MR) is 126 cm³/mol. The zero-order chi connectivity index (χ0) is 22.8. The lowest BCUT2D eigenvalue weighted by molar-refractivity contribution is -0.136. The Kier molecular flexibility index (Phi) is 5.64. The van der Waals surface area contributed by atoms with Crippen LogP contribution in [0.2, 0.25) is 0 Å². The van der Waals surface area contributed by atoms with Gasteiger partial charge in [0, 0.05) is 55.8 Å². The van der Waals surface area contributed by atoms with Crippen molar-refractivity contribution in [2.24, 2.45) is 0 Å². The van der Waals surface area contributed by atoms with Crippen molar-refractivity contribution in [3.05, 3.63) is 72.1 Å². The molecule has 168 valence electrons. The van der Waals surface area contributed by atoms with Crippen molar-refractivity contribution in [1.82, 2.24) is 24.3 Å². The molecule has 33 heavy (non-hydrogen) atoms. The summed E-state index contributed by atoms with van der Waals surface area (Å²) in [7, 11) is 0. The van der Waals surface area contributed by atoms with Gasteiger partial charge in [0.25, 0.3) is 0 Å². The number of carbonyl (C=O) groups excluding carboxylic acids is 2. The van der Waals surface area contributed by atoms with Crippen LogP contribution < -0.4 is 10.6 Å². The SMILES string of the molecule is Cc1cccn2cc(-c3ccc(NC(=O)C(=O)NCCc4cn5c(n4)CCCC5)cc3)nc12. The summed E-state index contributed by atoms with van der Waals surface area (Å²) < 4.78 is 4.17. The molecule has 4 aromatic rings. The topological polar surface area (TPSA) is 93.3 Å². The van der Waals surface area contributed by atoms with Gasteiger partial charge in [-0.25, -0.2) is 9.97 Å². The summed E-state index contributed by atoms with van der Waals surface area (Å²) in [5, 5.41) is 5.32. The van der Waals surface area contributed by atoms with Crippen molar-refractivity contribution in [1.29, 1.82) is 0 Å². The molecule has 5 rings (SSSR count). The third kappa shape index (κ3) is 4.50. The fourth-order valence-electron chi connectivity index (χ4n) is 4.18. The zero-order valence-electron chi connectivity index (χ0n) is 18.5. The number of benzene rings is 1. The molecule has 0 unspecified atom stereocenters. The Bertz CT molecular complexity index is 1300. The standard InChI is InChI=1S/C25H26N6O2/c1-17-5-4-14-31-16-21(29-23(17)31)18-7-9-19(10-8-18)28-25(33)24(32)26-12-11-20-15-30-13-3-2-6-22(30)27-20/h4-5,7-10,14-16H,2-3,6,11-13H2,1H3,(H,26,32)(H,28,33). The summed E-state index contributed by atoms with van der Waals surface area (Å²) in [6.45, 7) is 3.40. The number of hydrogen-bond donors (Lipinski definition) is 2. The molecule has 8 heteroatoms. The van der Waals surface area contributed by atoms with E-state index in [9.17, 15) is 9.59 Å².